The number of benzene rings is 3. The number of hydrogen-bond acceptors (Lipinski definition) is 9. The summed E-state index contributed by atoms with van der Waals surface area (Å²) in [6.45, 7) is 4.59. The van der Waals surface area contributed by atoms with Gasteiger partial charge in [-0.05, 0) is 68.1 Å². The summed E-state index contributed by atoms with van der Waals surface area (Å²) in [5, 5.41) is 0. The quantitative estimate of drug-likeness (QED) is 0.298. The fourth-order valence-corrected chi connectivity index (χ4v) is 6.58. The minimum absolute atomic E-state index is 0.108. The van der Waals surface area contributed by atoms with Gasteiger partial charge in [-0.3, -0.25) is 19.6 Å². The van der Waals surface area contributed by atoms with Crippen LogP contribution in [0.2, 0.25) is 0 Å². The zero-order valence-electron chi connectivity index (χ0n) is 28.4. The van der Waals surface area contributed by atoms with Crippen LogP contribution in [-0.4, -0.2) is 66.9 Å². The number of methoxy groups -OCH3 is 2. The number of nitrogens with two attached hydrogens (primary N) is 1. The summed E-state index contributed by atoms with van der Waals surface area (Å²) >= 11 is 0. The second-order valence-electron chi connectivity index (χ2n) is 12.6. The lowest BCUT2D eigenvalue weighted by Gasteiger charge is -2.19. The zero-order valence-corrected chi connectivity index (χ0v) is 28.4. The van der Waals surface area contributed by atoms with E-state index < -0.39 is 0 Å². The summed E-state index contributed by atoms with van der Waals surface area (Å²) in [6, 6.07) is 12.5. The van der Waals surface area contributed by atoms with Crippen molar-refractivity contribution in [3.63, 3.8) is 0 Å². The van der Waals surface area contributed by atoms with E-state index in [1.807, 2.05) is 56.9 Å². The van der Waals surface area contributed by atoms with E-state index in [0.717, 1.165) is 40.7 Å². The van der Waals surface area contributed by atoms with E-state index in [0.29, 0.717) is 45.5 Å². The monoisotopic (exact) mass is 671 g/mol. The Morgan fingerprint density at radius 3 is 1.64 bits per heavy atom. The van der Waals surface area contributed by atoms with Gasteiger partial charge in [-0.1, -0.05) is 23.0 Å². The van der Waals surface area contributed by atoms with Gasteiger partial charge in [0.1, 0.15) is 13.2 Å². The second-order valence-corrected chi connectivity index (χ2v) is 12.6. The number of fused-ring (bicyclic) bond motifs is 4. The highest BCUT2D eigenvalue weighted by Crippen LogP contribution is 2.40. The van der Waals surface area contributed by atoms with E-state index in [-0.39, 0.29) is 43.7 Å². The third kappa shape index (κ3) is 6.33. The molecule has 3 aromatic rings. The summed E-state index contributed by atoms with van der Waals surface area (Å²) in [5.74, 6) is 7.53. The fraction of sp³-hybridized carbons (Fsp3) is 0.282. The first kappa shape index (κ1) is 32.7. The Morgan fingerprint density at radius 2 is 1.20 bits per heavy atom. The third-order valence-electron chi connectivity index (χ3n) is 8.94. The molecule has 4 aliphatic heterocycles. The number of hydrogen-bond donors (Lipinski definition) is 1. The summed E-state index contributed by atoms with van der Waals surface area (Å²) in [6.07, 6.45) is 8.88. The summed E-state index contributed by atoms with van der Waals surface area (Å²) in [7, 11) is 3.08. The van der Waals surface area contributed by atoms with Crippen LogP contribution in [-0.2, 0) is 13.2 Å². The predicted molar refractivity (Wildman–Crippen MR) is 190 cm³/mol. The molecule has 4 heterocycles. The molecule has 2 atom stereocenters. The second kappa shape index (κ2) is 13.6. The molecule has 50 heavy (non-hydrogen) atoms. The molecule has 0 saturated heterocycles. The van der Waals surface area contributed by atoms with Crippen LogP contribution in [0.25, 0.3) is 0 Å². The predicted octanol–water partition coefficient (Wildman–Crippen LogP) is 5.84. The van der Waals surface area contributed by atoms with Gasteiger partial charge in [-0.25, -0.2) is 0 Å². The van der Waals surface area contributed by atoms with Crippen LogP contribution in [0.4, 0.5) is 11.4 Å². The maximum Gasteiger partial charge on any atom is 0.260 e. The van der Waals surface area contributed by atoms with Crippen molar-refractivity contribution in [3.05, 3.63) is 93.8 Å². The van der Waals surface area contributed by atoms with Crippen molar-refractivity contribution in [2.75, 3.05) is 20.8 Å². The minimum atomic E-state index is -0.128. The van der Waals surface area contributed by atoms with Gasteiger partial charge in [-0.2, -0.15) is 0 Å². The van der Waals surface area contributed by atoms with Gasteiger partial charge < -0.3 is 34.5 Å². The van der Waals surface area contributed by atoms with Crippen molar-refractivity contribution >= 4 is 35.6 Å². The average molecular weight is 672 g/mol. The zero-order chi connectivity index (χ0) is 34.9. The molecule has 0 bridgehead atoms. The van der Waals surface area contributed by atoms with Gasteiger partial charge in [0.25, 0.3) is 11.8 Å². The number of ether oxygens (including phenoxy) is 4. The SMILES string of the molecule is COc1cc2c(cc1OCc1cc(C#CCN)cc(COc3cc4c(cc3OC)C(=O)N3C=C(C)C[C@H]3C=N4)c1)N=C[C@@H]1CC(C)=CN1C2=O. The molecule has 2 N–H and O–H groups in total. The van der Waals surface area contributed by atoms with Crippen LogP contribution in [0.3, 0.4) is 0 Å². The maximum absolute atomic E-state index is 13.4. The summed E-state index contributed by atoms with van der Waals surface area (Å²) < 4.78 is 23.8. The standard InChI is InChI=1S/C39H37N5O6/c1-23-8-28-17-41-32-15-36(34(47-3)13-30(32)38(45)43(28)19-23)49-21-26-10-25(6-5-7-40)11-27(12-26)22-50-37-16-33-31(14-35(37)48-4)39(46)44-20-24(2)9-29(44)18-42-33/h10-20,28-29H,7-9,21-22,40H2,1-4H3/t28-,29-/m0/s1. The molecule has 2 amide bonds. The molecule has 0 fully saturated rings. The highest BCUT2D eigenvalue weighted by atomic mass is 16.5. The van der Waals surface area contributed by atoms with Crippen molar-refractivity contribution in [2.45, 2.75) is 52.0 Å². The van der Waals surface area contributed by atoms with Crippen molar-refractivity contribution in [1.82, 2.24) is 9.80 Å². The molecule has 11 nitrogen and oxygen atoms in total. The van der Waals surface area contributed by atoms with Gasteiger partial charge in [-0.15, -0.1) is 0 Å². The largest absolute Gasteiger partial charge is 0.493 e. The molecule has 0 saturated carbocycles. The maximum atomic E-state index is 13.4. The molecule has 7 rings (SSSR count). The number of rotatable bonds is 8. The summed E-state index contributed by atoms with van der Waals surface area (Å²) in [4.78, 5) is 39.5. The first-order valence-electron chi connectivity index (χ1n) is 16.3. The molecule has 3 aromatic carbocycles. The van der Waals surface area contributed by atoms with Crippen LogP contribution in [0.5, 0.6) is 23.0 Å². The lowest BCUT2D eigenvalue weighted by atomic mass is 10.1. The lowest BCUT2D eigenvalue weighted by Crippen LogP contribution is -2.32. The van der Waals surface area contributed by atoms with E-state index in [4.69, 9.17) is 24.7 Å². The fourth-order valence-electron chi connectivity index (χ4n) is 6.58. The van der Waals surface area contributed by atoms with Crippen molar-refractivity contribution < 1.29 is 28.5 Å². The van der Waals surface area contributed by atoms with Gasteiger partial charge in [0.05, 0.1) is 55.3 Å². The van der Waals surface area contributed by atoms with Crippen LogP contribution in [0, 0.1) is 11.8 Å². The minimum Gasteiger partial charge on any atom is -0.493 e. The Morgan fingerprint density at radius 1 is 0.720 bits per heavy atom. The van der Waals surface area contributed by atoms with Crippen molar-refractivity contribution in [2.24, 2.45) is 15.7 Å². The van der Waals surface area contributed by atoms with Crippen LogP contribution in [0.1, 0.15) is 64.1 Å². The third-order valence-corrected chi connectivity index (χ3v) is 8.94. The first-order valence-corrected chi connectivity index (χ1v) is 16.3. The Bertz CT molecular complexity index is 1950. The summed E-state index contributed by atoms with van der Waals surface area (Å²) in [5.41, 5.74) is 12.3. The van der Waals surface area contributed by atoms with E-state index in [2.05, 4.69) is 21.8 Å². The van der Waals surface area contributed by atoms with E-state index in [1.165, 1.54) is 0 Å². The molecule has 0 spiro atoms. The van der Waals surface area contributed by atoms with Gasteiger partial charge >= 0.3 is 0 Å². The number of carbonyl (C=O) groups excluding carboxylic acids is 2. The molecule has 254 valence electrons. The first-order chi connectivity index (χ1) is 24.2. The highest BCUT2D eigenvalue weighted by Gasteiger charge is 2.33. The molecule has 0 radical (unpaired) electrons. The number of nitrogens with zero attached hydrogens (tertiary/aromatic N) is 4. The van der Waals surface area contributed by atoms with Crippen LogP contribution in [0.15, 0.2) is 76.0 Å². The highest BCUT2D eigenvalue weighted by molar-refractivity contribution is 6.05. The van der Waals surface area contributed by atoms with Gasteiger partial charge in [0.15, 0.2) is 23.0 Å². The Hall–Kier alpha value is -5.86. The molecule has 4 aliphatic rings. The van der Waals surface area contributed by atoms with Crippen LogP contribution < -0.4 is 24.7 Å². The molecule has 0 aromatic heterocycles. The topological polar surface area (TPSA) is 128 Å². The molecular formula is C39H37N5O6. The van der Waals surface area contributed by atoms with Gasteiger partial charge in [0.2, 0.25) is 0 Å². The van der Waals surface area contributed by atoms with E-state index >= 15 is 0 Å². The van der Waals surface area contributed by atoms with Crippen LogP contribution >= 0.6 is 0 Å². The Labute approximate surface area is 290 Å². The van der Waals surface area contributed by atoms with Gasteiger partial charge in [0, 0.05) is 42.5 Å². The molecule has 0 aliphatic carbocycles. The van der Waals surface area contributed by atoms with E-state index in [1.54, 1.807) is 48.3 Å². The van der Waals surface area contributed by atoms with Crippen molar-refractivity contribution in [3.8, 4) is 34.8 Å². The van der Waals surface area contributed by atoms with E-state index in [9.17, 15) is 9.59 Å². The number of aliphatic imine (C=N–C) groups is 2. The Balaban J connectivity index is 1.13. The van der Waals surface area contributed by atoms with Crippen molar-refractivity contribution in [1.29, 1.82) is 0 Å². The molecular weight excluding hydrogens is 634 g/mol. The molecule has 0 unspecified atom stereocenters. The normalized spacial score (nSPS) is 18.5. The number of amides is 2. The average Bonchev–Trinajstić information content (AvgIpc) is 3.63. The smallest absolute Gasteiger partial charge is 0.260 e. The molecule has 11 heteroatoms. The Kier molecular flexibility index (Phi) is 8.87. The lowest BCUT2D eigenvalue weighted by molar-refractivity contribution is 0.0809. The number of carbonyl (C=O) groups is 2.